The second-order valence-corrected chi connectivity index (χ2v) is 7.01. The molecular weight excluding hydrogens is 282 g/mol. The van der Waals surface area contributed by atoms with Gasteiger partial charge in [-0.15, -0.1) is 0 Å². The highest BCUT2D eigenvalue weighted by molar-refractivity contribution is 7.90. The van der Waals surface area contributed by atoms with Gasteiger partial charge < -0.3 is 10.4 Å². The molecule has 20 heavy (non-hydrogen) atoms. The Kier molecular flexibility index (Phi) is 3.56. The van der Waals surface area contributed by atoms with Gasteiger partial charge in [0.1, 0.15) is 5.54 Å². The van der Waals surface area contributed by atoms with E-state index in [-0.39, 0.29) is 10.5 Å². The largest absolute Gasteiger partial charge is 0.480 e. The number of rotatable bonds is 4. The van der Waals surface area contributed by atoms with E-state index in [0.29, 0.717) is 12.8 Å². The first-order chi connectivity index (χ1) is 9.24. The summed E-state index contributed by atoms with van der Waals surface area (Å²) >= 11 is 0. The van der Waals surface area contributed by atoms with Crippen LogP contribution in [0.2, 0.25) is 0 Å². The predicted molar refractivity (Wildman–Crippen MR) is 71.2 cm³/mol. The standard InChI is InChI=1S/C13H15NO5S/c1-20(18,19)10-5-3-9(4-6-10)11(15)14-13(12(16)17)7-2-8-13/h3-6H,2,7-8H2,1H3,(H,14,15)(H,16,17). The lowest BCUT2D eigenvalue weighted by atomic mass is 9.76. The van der Waals surface area contributed by atoms with Crippen LogP contribution in [-0.2, 0) is 14.6 Å². The normalized spacial score (nSPS) is 17.1. The summed E-state index contributed by atoms with van der Waals surface area (Å²) < 4.78 is 22.6. The molecule has 0 unspecified atom stereocenters. The molecule has 108 valence electrons. The number of carboxylic acids is 1. The molecule has 1 fully saturated rings. The number of carbonyl (C=O) groups excluding carboxylic acids is 1. The van der Waals surface area contributed by atoms with Gasteiger partial charge in [0.25, 0.3) is 5.91 Å². The Hall–Kier alpha value is -1.89. The average Bonchev–Trinajstić information content (AvgIpc) is 2.32. The van der Waals surface area contributed by atoms with E-state index in [0.717, 1.165) is 12.7 Å². The minimum absolute atomic E-state index is 0.116. The summed E-state index contributed by atoms with van der Waals surface area (Å²) in [5, 5.41) is 11.7. The molecule has 0 atom stereocenters. The summed E-state index contributed by atoms with van der Waals surface area (Å²) in [6, 6.07) is 5.41. The molecule has 2 rings (SSSR count). The van der Waals surface area contributed by atoms with E-state index in [4.69, 9.17) is 5.11 Å². The van der Waals surface area contributed by atoms with E-state index in [1.54, 1.807) is 0 Å². The van der Waals surface area contributed by atoms with Crippen LogP contribution in [-0.4, -0.2) is 37.2 Å². The van der Waals surface area contributed by atoms with Gasteiger partial charge in [-0.05, 0) is 43.5 Å². The monoisotopic (exact) mass is 297 g/mol. The molecule has 0 spiro atoms. The van der Waals surface area contributed by atoms with Crippen LogP contribution < -0.4 is 5.32 Å². The Morgan fingerprint density at radius 2 is 1.75 bits per heavy atom. The topological polar surface area (TPSA) is 101 Å². The van der Waals surface area contributed by atoms with Gasteiger partial charge in [-0.2, -0.15) is 0 Å². The summed E-state index contributed by atoms with van der Waals surface area (Å²) in [6.45, 7) is 0. The SMILES string of the molecule is CS(=O)(=O)c1ccc(C(=O)NC2(C(=O)O)CCC2)cc1. The van der Waals surface area contributed by atoms with E-state index in [1.807, 2.05) is 0 Å². The van der Waals surface area contributed by atoms with Crippen LogP contribution in [0.15, 0.2) is 29.2 Å². The molecule has 0 aliphatic heterocycles. The van der Waals surface area contributed by atoms with E-state index in [1.165, 1.54) is 24.3 Å². The zero-order valence-electron chi connectivity index (χ0n) is 10.9. The minimum Gasteiger partial charge on any atom is -0.480 e. The number of benzene rings is 1. The van der Waals surface area contributed by atoms with Crippen LogP contribution in [0.5, 0.6) is 0 Å². The number of hydrogen-bond acceptors (Lipinski definition) is 4. The molecule has 2 N–H and O–H groups in total. The maximum Gasteiger partial charge on any atom is 0.329 e. The van der Waals surface area contributed by atoms with Crippen LogP contribution in [0.25, 0.3) is 0 Å². The Bertz CT molecular complexity index is 644. The van der Waals surface area contributed by atoms with E-state index in [2.05, 4.69) is 5.32 Å². The molecule has 0 saturated heterocycles. The quantitative estimate of drug-likeness (QED) is 0.857. The van der Waals surface area contributed by atoms with Crippen molar-refractivity contribution < 1.29 is 23.1 Å². The molecule has 1 saturated carbocycles. The molecule has 0 bridgehead atoms. The highest BCUT2D eigenvalue weighted by Gasteiger charge is 2.45. The van der Waals surface area contributed by atoms with Crippen molar-refractivity contribution in [2.24, 2.45) is 0 Å². The highest BCUT2D eigenvalue weighted by atomic mass is 32.2. The van der Waals surface area contributed by atoms with E-state index in [9.17, 15) is 18.0 Å². The van der Waals surface area contributed by atoms with Gasteiger partial charge in [-0.3, -0.25) is 4.79 Å². The molecule has 1 aliphatic carbocycles. The van der Waals surface area contributed by atoms with E-state index < -0.39 is 27.3 Å². The van der Waals surface area contributed by atoms with Crippen LogP contribution in [0, 0.1) is 0 Å². The zero-order chi connectivity index (χ0) is 15.0. The highest BCUT2D eigenvalue weighted by Crippen LogP contribution is 2.32. The second-order valence-electron chi connectivity index (χ2n) is 4.99. The fourth-order valence-corrected chi connectivity index (χ4v) is 2.70. The van der Waals surface area contributed by atoms with Gasteiger partial charge in [0.05, 0.1) is 4.90 Å². The van der Waals surface area contributed by atoms with Crippen molar-refractivity contribution in [1.82, 2.24) is 5.32 Å². The lowest BCUT2D eigenvalue weighted by Crippen LogP contribution is -2.59. The van der Waals surface area contributed by atoms with Crippen molar-refractivity contribution in [1.29, 1.82) is 0 Å². The molecule has 1 aliphatic rings. The van der Waals surface area contributed by atoms with Crippen LogP contribution in [0.3, 0.4) is 0 Å². The number of aliphatic carboxylic acids is 1. The van der Waals surface area contributed by atoms with Gasteiger partial charge in [0.2, 0.25) is 0 Å². The molecule has 7 heteroatoms. The van der Waals surface area contributed by atoms with Crippen molar-refractivity contribution in [3.8, 4) is 0 Å². The Morgan fingerprint density at radius 3 is 2.10 bits per heavy atom. The van der Waals surface area contributed by atoms with Crippen molar-refractivity contribution >= 4 is 21.7 Å². The van der Waals surface area contributed by atoms with Gasteiger partial charge in [0, 0.05) is 11.8 Å². The van der Waals surface area contributed by atoms with Gasteiger partial charge in [-0.1, -0.05) is 0 Å². The lowest BCUT2D eigenvalue weighted by Gasteiger charge is -2.38. The van der Waals surface area contributed by atoms with Crippen LogP contribution in [0.4, 0.5) is 0 Å². The minimum atomic E-state index is -3.31. The fourth-order valence-electron chi connectivity index (χ4n) is 2.07. The van der Waals surface area contributed by atoms with E-state index >= 15 is 0 Å². The van der Waals surface area contributed by atoms with Gasteiger partial charge in [0.15, 0.2) is 9.84 Å². The van der Waals surface area contributed by atoms with Crippen molar-refractivity contribution in [2.45, 2.75) is 29.7 Å². The number of carboxylic acid groups (broad SMARTS) is 1. The Balaban J connectivity index is 2.16. The molecule has 6 nitrogen and oxygen atoms in total. The van der Waals surface area contributed by atoms with Gasteiger partial charge in [-0.25, -0.2) is 13.2 Å². The summed E-state index contributed by atoms with van der Waals surface area (Å²) in [5.74, 6) is -1.54. The molecule has 0 radical (unpaired) electrons. The molecule has 1 aromatic rings. The average molecular weight is 297 g/mol. The van der Waals surface area contributed by atoms with Crippen molar-refractivity contribution in [2.75, 3.05) is 6.26 Å². The van der Waals surface area contributed by atoms with Gasteiger partial charge >= 0.3 is 5.97 Å². The first-order valence-corrected chi connectivity index (χ1v) is 8.00. The van der Waals surface area contributed by atoms with Crippen molar-refractivity contribution in [3.63, 3.8) is 0 Å². The maximum atomic E-state index is 12.0. The summed E-state index contributed by atoms with van der Waals surface area (Å²) in [5.41, 5.74) is -0.933. The Labute approximate surface area is 116 Å². The number of carbonyl (C=O) groups is 2. The second kappa shape index (κ2) is 4.90. The zero-order valence-corrected chi connectivity index (χ0v) is 11.7. The molecular formula is C13H15NO5S. The number of sulfone groups is 1. The third kappa shape index (κ3) is 2.67. The first-order valence-electron chi connectivity index (χ1n) is 6.11. The number of amides is 1. The Morgan fingerprint density at radius 1 is 1.20 bits per heavy atom. The summed E-state index contributed by atoms with van der Waals surface area (Å²) in [4.78, 5) is 23.3. The summed E-state index contributed by atoms with van der Waals surface area (Å²) in [7, 11) is -3.31. The van der Waals surface area contributed by atoms with Crippen LogP contribution in [0.1, 0.15) is 29.6 Å². The smallest absolute Gasteiger partial charge is 0.329 e. The van der Waals surface area contributed by atoms with Crippen molar-refractivity contribution in [3.05, 3.63) is 29.8 Å². The molecule has 0 heterocycles. The summed E-state index contributed by atoms with van der Waals surface area (Å²) in [6.07, 6.45) is 2.67. The maximum absolute atomic E-state index is 12.0. The first kappa shape index (κ1) is 14.5. The predicted octanol–water partition coefficient (Wildman–Crippen LogP) is 0.827. The molecule has 1 amide bonds. The number of hydrogen-bond donors (Lipinski definition) is 2. The number of nitrogens with one attached hydrogen (secondary N) is 1. The molecule has 0 aromatic heterocycles. The lowest BCUT2D eigenvalue weighted by molar-refractivity contribution is -0.148. The molecule has 1 aromatic carbocycles. The third-order valence-corrected chi connectivity index (χ3v) is 4.64. The van der Waals surface area contributed by atoms with Crippen LogP contribution >= 0.6 is 0 Å². The third-order valence-electron chi connectivity index (χ3n) is 3.51. The fraction of sp³-hybridized carbons (Fsp3) is 0.385.